The fourth-order valence-electron chi connectivity index (χ4n) is 2.22. The second kappa shape index (κ2) is 3.90. The molecule has 19 heavy (non-hydrogen) atoms. The molecule has 2 aromatic carbocycles. The lowest BCUT2D eigenvalue weighted by molar-refractivity contribution is 0.630. The molecule has 0 fully saturated rings. The van der Waals surface area contributed by atoms with E-state index in [9.17, 15) is 4.39 Å². The molecule has 2 aromatic heterocycles. The molecule has 4 aromatic rings. The molecule has 2 heterocycles. The molecule has 0 atom stereocenters. The molecule has 0 saturated heterocycles. The van der Waals surface area contributed by atoms with Crippen LogP contribution in [0.2, 0.25) is 0 Å². The number of hydrogen-bond acceptors (Lipinski definition) is 2. The Labute approximate surface area is 112 Å². The molecular formula is C15H9FN2S. The van der Waals surface area contributed by atoms with Crippen LogP contribution in [-0.4, -0.2) is 9.38 Å². The molecule has 0 bridgehead atoms. The molecular weight excluding hydrogens is 259 g/mol. The number of rotatable bonds is 1. The van der Waals surface area contributed by atoms with Crippen molar-refractivity contribution in [2.45, 2.75) is 0 Å². The monoisotopic (exact) mass is 268 g/mol. The molecule has 0 saturated carbocycles. The van der Waals surface area contributed by atoms with Crippen molar-refractivity contribution in [3.63, 3.8) is 0 Å². The lowest BCUT2D eigenvalue weighted by atomic mass is 10.2. The SMILES string of the molecule is Fc1ccc2c(c1)sc1nc(-c3ccccc3)cn12. The van der Waals surface area contributed by atoms with E-state index < -0.39 is 0 Å². The summed E-state index contributed by atoms with van der Waals surface area (Å²) in [6.45, 7) is 0. The van der Waals surface area contributed by atoms with Crippen molar-refractivity contribution in [3.05, 3.63) is 60.5 Å². The Morgan fingerprint density at radius 3 is 2.74 bits per heavy atom. The van der Waals surface area contributed by atoms with Gasteiger partial charge in [-0.25, -0.2) is 9.37 Å². The number of fused-ring (bicyclic) bond motifs is 3. The highest BCUT2D eigenvalue weighted by molar-refractivity contribution is 7.23. The Morgan fingerprint density at radius 1 is 1.05 bits per heavy atom. The predicted molar refractivity (Wildman–Crippen MR) is 76.0 cm³/mol. The second-order valence-corrected chi connectivity index (χ2v) is 5.37. The third-order valence-corrected chi connectivity index (χ3v) is 4.14. The van der Waals surface area contributed by atoms with Crippen LogP contribution in [0.4, 0.5) is 4.39 Å². The smallest absolute Gasteiger partial charge is 0.195 e. The van der Waals surface area contributed by atoms with Crippen molar-refractivity contribution in [1.29, 1.82) is 0 Å². The van der Waals surface area contributed by atoms with Crippen molar-refractivity contribution in [3.8, 4) is 11.3 Å². The molecule has 0 unspecified atom stereocenters. The minimum atomic E-state index is -0.208. The van der Waals surface area contributed by atoms with Crippen molar-refractivity contribution < 1.29 is 4.39 Å². The van der Waals surface area contributed by atoms with Crippen molar-refractivity contribution >= 4 is 26.5 Å². The summed E-state index contributed by atoms with van der Waals surface area (Å²) in [5.74, 6) is -0.208. The summed E-state index contributed by atoms with van der Waals surface area (Å²) in [5, 5.41) is 0. The molecule has 0 radical (unpaired) electrons. The number of nitrogens with zero attached hydrogens (tertiary/aromatic N) is 2. The Morgan fingerprint density at radius 2 is 1.89 bits per heavy atom. The zero-order chi connectivity index (χ0) is 12.8. The van der Waals surface area contributed by atoms with Crippen LogP contribution in [0.25, 0.3) is 26.4 Å². The number of benzene rings is 2. The predicted octanol–water partition coefficient (Wildman–Crippen LogP) is 4.36. The van der Waals surface area contributed by atoms with Gasteiger partial charge in [0.2, 0.25) is 0 Å². The molecule has 0 aliphatic carbocycles. The fourth-order valence-corrected chi connectivity index (χ4v) is 3.26. The van der Waals surface area contributed by atoms with Gasteiger partial charge in [-0.05, 0) is 18.2 Å². The highest BCUT2D eigenvalue weighted by Crippen LogP contribution is 2.29. The van der Waals surface area contributed by atoms with Crippen LogP contribution < -0.4 is 0 Å². The second-order valence-electron chi connectivity index (χ2n) is 4.36. The van der Waals surface area contributed by atoms with Gasteiger partial charge in [-0.2, -0.15) is 0 Å². The Hall–Kier alpha value is -2.20. The Kier molecular flexibility index (Phi) is 2.19. The average Bonchev–Trinajstić information content (AvgIpc) is 2.96. The normalized spacial score (nSPS) is 11.4. The van der Waals surface area contributed by atoms with E-state index in [1.54, 1.807) is 12.1 Å². The van der Waals surface area contributed by atoms with Gasteiger partial charge in [0, 0.05) is 11.8 Å². The quantitative estimate of drug-likeness (QED) is 0.501. The van der Waals surface area contributed by atoms with Crippen molar-refractivity contribution in [2.24, 2.45) is 0 Å². The molecule has 2 nitrogen and oxygen atoms in total. The first kappa shape index (κ1) is 10.7. The highest BCUT2D eigenvalue weighted by Gasteiger charge is 2.10. The third-order valence-electron chi connectivity index (χ3n) is 3.13. The maximum absolute atomic E-state index is 13.2. The zero-order valence-electron chi connectivity index (χ0n) is 9.88. The minimum Gasteiger partial charge on any atom is -0.290 e. The van der Waals surface area contributed by atoms with E-state index in [-0.39, 0.29) is 5.82 Å². The summed E-state index contributed by atoms with van der Waals surface area (Å²) >= 11 is 1.50. The van der Waals surface area contributed by atoms with E-state index in [4.69, 9.17) is 0 Å². The van der Waals surface area contributed by atoms with Crippen LogP contribution in [0.1, 0.15) is 0 Å². The van der Waals surface area contributed by atoms with Crippen LogP contribution in [0.15, 0.2) is 54.7 Å². The lowest BCUT2D eigenvalue weighted by Crippen LogP contribution is -1.78. The first-order chi connectivity index (χ1) is 9.31. The van der Waals surface area contributed by atoms with Crippen molar-refractivity contribution in [2.75, 3.05) is 0 Å². The molecule has 92 valence electrons. The fraction of sp³-hybridized carbons (Fsp3) is 0. The van der Waals surface area contributed by atoms with Crippen LogP contribution in [-0.2, 0) is 0 Å². The third kappa shape index (κ3) is 1.64. The molecule has 0 aliphatic rings. The van der Waals surface area contributed by atoms with Gasteiger partial charge in [0.1, 0.15) is 5.82 Å². The topological polar surface area (TPSA) is 17.3 Å². The van der Waals surface area contributed by atoms with E-state index in [1.165, 1.54) is 17.4 Å². The maximum atomic E-state index is 13.2. The van der Waals surface area contributed by atoms with Crippen LogP contribution >= 0.6 is 11.3 Å². The lowest BCUT2D eigenvalue weighted by Gasteiger charge is -1.94. The van der Waals surface area contributed by atoms with Gasteiger partial charge < -0.3 is 0 Å². The Bertz CT molecular complexity index is 877. The number of thiazole rings is 1. The highest BCUT2D eigenvalue weighted by atomic mass is 32.1. The summed E-state index contributed by atoms with van der Waals surface area (Å²) in [6.07, 6.45) is 2.00. The largest absolute Gasteiger partial charge is 0.290 e. The van der Waals surface area contributed by atoms with Crippen LogP contribution in [0.3, 0.4) is 0 Å². The van der Waals surface area contributed by atoms with E-state index >= 15 is 0 Å². The minimum absolute atomic E-state index is 0.208. The summed E-state index contributed by atoms with van der Waals surface area (Å²) in [4.78, 5) is 5.50. The van der Waals surface area contributed by atoms with Gasteiger partial charge in [0.25, 0.3) is 0 Å². The van der Waals surface area contributed by atoms with Crippen LogP contribution in [0, 0.1) is 5.82 Å². The molecule has 0 aliphatic heterocycles. The van der Waals surface area contributed by atoms with Crippen LogP contribution in [0.5, 0.6) is 0 Å². The zero-order valence-corrected chi connectivity index (χ0v) is 10.7. The Balaban J connectivity index is 1.98. The maximum Gasteiger partial charge on any atom is 0.195 e. The molecule has 0 spiro atoms. The summed E-state index contributed by atoms with van der Waals surface area (Å²) in [5.41, 5.74) is 3.03. The first-order valence-corrected chi connectivity index (χ1v) is 6.75. The standard InChI is InChI=1S/C15H9FN2S/c16-11-6-7-13-14(8-11)19-15-17-12(9-18(13)15)10-4-2-1-3-5-10/h1-9H. The molecule has 0 N–H and O–H groups in total. The molecule has 0 amide bonds. The number of aromatic nitrogens is 2. The number of hydrogen-bond donors (Lipinski definition) is 0. The molecule has 4 heteroatoms. The van der Waals surface area contributed by atoms with Gasteiger partial charge in [-0.15, -0.1) is 0 Å². The average molecular weight is 268 g/mol. The van der Waals surface area contributed by atoms with E-state index in [0.29, 0.717) is 0 Å². The van der Waals surface area contributed by atoms with Gasteiger partial charge in [0.05, 0.1) is 15.9 Å². The van der Waals surface area contributed by atoms with Crippen molar-refractivity contribution in [1.82, 2.24) is 9.38 Å². The molecule has 4 rings (SSSR count). The first-order valence-electron chi connectivity index (χ1n) is 5.94. The summed E-state index contributed by atoms with van der Waals surface area (Å²) in [6, 6.07) is 14.9. The van der Waals surface area contributed by atoms with E-state index in [2.05, 4.69) is 4.98 Å². The van der Waals surface area contributed by atoms with Gasteiger partial charge in [0.15, 0.2) is 4.96 Å². The van der Waals surface area contributed by atoms with E-state index in [0.717, 1.165) is 26.4 Å². The van der Waals surface area contributed by atoms with Gasteiger partial charge >= 0.3 is 0 Å². The summed E-state index contributed by atoms with van der Waals surface area (Å²) in [7, 11) is 0. The van der Waals surface area contributed by atoms with Gasteiger partial charge in [-0.3, -0.25) is 4.40 Å². The number of imidazole rings is 1. The van der Waals surface area contributed by atoms with E-state index in [1.807, 2.05) is 40.9 Å². The number of halogens is 1. The van der Waals surface area contributed by atoms with Gasteiger partial charge in [-0.1, -0.05) is 41.7 Å². The summed E-state index contributed by atoms with van der Waals surface area (Å²) < 4.78 is 16.1.